The Morgan fingerprint density at radius 3 is 2.31 bits per heavy atom. The molecular weight excluding hydrogens is 452 g/mol. The zero-order chi connectivity index (χ0) is 26.6. The second-order valence-corrected chi connectivity index (χ2v) is 14.8. The number of Topliss-reactive ketones (excluding diaryl/α,β-unsaturated/α-hetero) is 1. The summed E-state index contributed by atoms with van der Waals surface area (Å²) < 4.78 is 0. The molecule has 204 valence electrons. The Morgan fingerprint density at radius 2 is 1.72 bits per heavy atom. The van der Waals surface area contributed by atoms with Crippen molar-refractivity contribution in [2.24, 2.45) is 50.7 Å². The van der Waals surface area contributed by atoms with Crippen molar-refractivity contribution in [1.29, 1.82) is 0 Å². The Kier molecular flexibility index (Phi) is 5.93. The van der Waals surface area contributed by atoms with E-state index < -0.39 is 11.5 Å². The molecule has 0 bridgehead atoms. The van der Waals surface area contributed by atoms with E-state index in [1.54, 1.807) is 0 Å². The van der Waals surface area contributed by atoms with Crippen LogP contribution in [0.3, 0.4) is 0 Å². The van der Waals surface area contributed by atoms with Crippen molar-refractivity contribution < 1.29 is 19.8 Å². The molecule has 0 aromatic carbocycles. The van der Waals surface area contributed by atoms with E-state index in [2.05, 4.69) is 52.0 Å². The van der Waals surface area contributed by atoms with Gasteiger partial charge in [0.25, 0.3) is 0 Å². The lowest BCUT2D eigenvalue weighted by atomic mass is 9.41. The van der Waals surface area contributed by atoms with Gasteiger partial charge in [-0.2, -0.15) is 0 Å². The number of amides is 1. The van der Waals surface area contributed by atoms with E-state index in [9.17, 15) is 19.8 Å². The van der Waals surface area contributed by atoms with Gasteiger partial charge in [-0.3, -0.25) is 9.59 Å². The predicted molar refractivity (Wildman–Crippen MR) is 140 cm³/mol. The third-order valence-corrected chi connectivity index (χ3v) is 13.2. The highest BCUT2D eigenvalue weighted by molar-refractivity contribution is 5.92. The van der Waals surface area contributed by atoms with Crippen molar-refractivity contribution in [3.8, 4) is 0 Å². The normalized spacial score (nSPS) is 52.3. The Hall–Kier alpha value is -0.980. The molecule has 0 radical (unpaired) electrons. The molecule has 0 aliphatic heterocycles. The quantitative estimate of drug-likeness (QED) is 0.534. The largest absolute Gasteiger partial charge is 0.396 e. The molecule has 5 rings (SSSR count). The van der Waals surface area contributed by atoms with Gasteiger partial charge in [-0.1, -0.05) is 34.6 Å². The molecule has 11 atom stereocenters. The van der Waals surface area contributed by atoms with E-state index in [1.807, 2.05) is 13.8 Å². The van der Waals surface area contributed by atoms with Crippen molar-refractivity contribution in [1.82, 2.24) is 10.2 Å². The molecule has 5 aliphatic carbocycles. The maximum atomic E-state index is 14.4. The number of rotatable bonds is 5. The summed E-state index contributed by atoms with van der Waals surface area (Å²) in [6.07, 6.45) is 5.60. The van der Waals surface area contributed by atoms with E-state index in [-0.39, 0.29) is 69.9 Å². The summed E-state index contributed by atoms with van der Waals surface area (Å²) in [7, 11) is 4.16. The van der Waals surface area contributed by atoms with Crippen molar-refractivity contribution in [3.63, 3.8) is 0 Å². The number of carbonyl (C=O) groups is 2. The van der Waals surface area contributed by atoms with Crippen LogP contribution in [-0.2, 0) is 9.59 Å². The van der Waals surface area contributed by atoms with Crippen LogP contribution in [0.4, 0.5) is 0 Å². The van der Waals surface area contributed by atoms with Gasteiger partial charge in [0, 0.05) is 41.2 Å². The lowest BCUT2D eigenvalue weighted by Crippen LogP contribution is -2.64. The average Bonchev–Trinajstić information content (AvgIpc) is 3.44. The first kappa shape index (κ1) is 26.6. The second kappa shape index (κ2) is 8.02. The molecule has 6 nitrogen and oxygen atoms in total. The summed E-state index contributed by atoms with van der Waals surface area (Å²) in [6, 6.07) is 0.149. The average molecular weight is 503 g/mol. The van der Waals surface area contributed by atoms with E-state index >= 15 is 0 Å². The molecule has 0 aromatic heterocycles. The lowest BCUT2D eigenvalue weighted by molar-refractivity contribution is -0.173. The molecule has 0 aromatic rings. The highest BCUT2D eigenvalue weighted by Crippen LogP contribution is 2.87. The van der Waals surface area contributed by atoms with Gasteiger partial charge in [-0.25, -0.2) is 0 Å². The molecule has 1 amide bonds. The SMILES string of the molecule is CC(C)C(=O)N[C@H]1CCC23CC24C(=O)C[C@]2(C)[C@@H](C(C)N(C)C)[C@H](O)C[C@@]2(C)C4CCC3[C@]1(C)CO. The van der Waals surface area contributed by atoms with E-state index in [4.69, 9.17) is 0 Å². The smallest absolute Gasteiger partial charge is 0.222 e. The van der Waals surface area contributed by atoms with Crippen LogP contribution in [0.15, 0.2) is 0 Å². The number of ketones is 1. The number of fused-ring (bicyclic) bond motifs is 2. The summed E-state index contributed by atoms with van der Waals surface area (Å²) in [5.74, 6) is 0.982. The maximum Gasteiger partial charge on any atom is 0.222 e. The van der Waals surface area contributed by atoms with Crippen LogP contribution in [0, 0.1) is 50.7 Å². The monoisotopic (exact) mass is 502 g/mol. The predicted octanol–water partition coefficient (Wildman–Crippen LogP) is 3.64. The Morgan fingerprint density at radius 1 is 1.08 bits per heavy atom. The van der Waals surface area contributed by atoms with E-state index in [0.717, 1.165) is 38.5 Å². The molecule has 5 aliphatic rings. The molecule has 5 fully saturated rings. The van der Waals surface area contributed by atoms with Crippen LogP contribution in [0.2, 0.25) is 0 Å². The number of nitrogens with zero attached hydrogens (tertiary/aromatic N) is 1. The second-order valence-electron chi connectivity index (χ2n) is 14.8. The van der Waals surface area contributed by atoms with Crippen LogP contribution in [-0.4, -0.2) is 65.7 Å². The molecule has 0 saturated heterocycles. The van der Waals surface area contributed by atoms with Crippen LogP contribution in [0.1, 0.15) is 86.5 Å². The fourth-order valence-corrected chi connectivity index (χ4v) is 11.0. The standard InChI is InChI=1S/C30H50N2O4/c1-17(2)25(36)31-22-11-12-29-15-30(29)21(10-9-20(29)26(22,4)16-33)27(5)13-19(34)24(18(3)32(7)8)28(27,6)14-23(30)35/h17-22,24,33-34H,9-16H2,1-8H3,(H,31,36)/t18?,19-,20?,21?,22+,24+,26+,27+,28-,29?,30?/m1/s1. The molecule has 2 spiro atoms. The fraction of sp³-hybridized carbons (Fsp3) is 0.933. The zero-order valence-corrected chi connectivity index (χ0v) is 23.9. The highest BCUT2D eigenvalue weighted by Gasteiger charge is 2.86. The van der Waals surface area contributed by atoms with Gasteiger partial charge < -0.3 is 20.4 Å². The Labute approximate surface area is 218 Å². The summed E-state index contributed by atoms with van der Waals surface area (Å²) in [5, 5.41) is 25.5. The van der Waals surface area contributed by atoms with Crippen molar-refractivity contribution >= 4 is 11.7 Å². The minimum Gasteiger partial charge on any atom is -0.396 e. The number of hydrogen-bond donors (Lipinski definition) is 3. The molecular formula is C30H50N2O4. The van der Waals surface area contributed by atoms with Crippen LogP contribution in [0.25, 0.3) is 0 Å². The van der Waals surface area contributed by atoms with Gasteiger partial charge in [0.05, 0.1) is 12.7 Å². The van der Waals surface area contributed by atoms with E-state index in [1.165, 1.54) is 0 Å². The number of nitrogens with one attached hydrogen (secondary N) is 1. The number of aliphatic hydroxyl groups excluding tert-OH is 2. The van der Waals surface area contributed by atoms with Gasteiger partial charge in [-0.05, 0) is 87.6 Å². The minimum atomic E-state index is -0.420. The summed E-state index contributed by atoms with van der Waals surface area (Å²) in [6.45, 7) is 12.9. The molecule has 0 heterocycles. The van der Waals surface area contributed by atoms with Crippen molar-refractivity contribution in [2.75, 3.05) is 20.7 Å². The van der Waals surface area contributed by atoms with Crippen LogP contribution >= 0.6 is 0 Å². The van der Waals surface area contributed by atoms with Crippen LogP contribution < -0.4 is 5.32 Å². The van der Waals surface area contributed by atoms with Gasteiger partial charge in [0.2, 0.25) is 5.91 Å². The molecule has 5 unspecified atom stereocenters. The Balaban J connectivity index is 1.51. The Bertz CT molecular complexity index is 951. The maximum absolute atomic E-state index is 14.4. The van der Waals surface area contributed by atoms with Gasteiger partial charge in [-0.15, -0.1) is 0 Å². The number of carbonyl (C=O) groups excluding carboxylic acids is 2. The van der Waals surface area contributed by atoms with Gasteiger partial charge in [0.15, 0.2) is 0 Å². The first-order valence-electron chi connectivity index (χ1n) is 14.5. The lowest BCUT2D eigenvalue weighted by Gasteiger charge is -2.63. The summed E-state index contributed by atoms with van der Waals surface area (Å²) in [5.41, 5.74) is -1.10. The first-order chi connectivity index (χ1) is 16.7. The van der Waals surface area contributed by atoms with Crippen molar-refractivity contribution in [3.05, 3.63) is 0 Å². The minimum absolute atomic E-state index is 0.0352. The van der Waals surface area contributed by atoms with Gasteiger partial charge >= 0.3 is 0 Å². The molecule has 5 saturated carbocycles. The molecule has 3 N–H and O–H groups in total. The molecule has 36 heavy (non-hydrogen) atoms. The zero-order valence-electron chi connectivity index (χ0n) is 23.9. The van der Waals surface area contributed by atoms with Crippen molar-refractivity contribution in [2.45, 2.75) is 105 Å². The van der Waals surface area contributed by atoms with E-state index in [0.29, 0.717) is 12.2 Å². The summed E-state index contributed by atoms with van der Waals surface area (Å²) >= 11 is 0. The molecule has 6 heteroatoms. The number of hydrogen-bond acceptors (Lipinski definition) is 5. The first-order valence-corrected chi connectivity index (χ1v) is 14.5. The topological polar surface area (TPSA) is 89.9 Å². The van der Waals surface area contributed by atoms with Crippen LogP contribution in [0.5, 0.6) is 0 Å². The third kappa shape index (κ3) is 2.96. The number of aliphatic hydroxyl groups is 2. The fourth-order valence-electron chi connectivity index (χ4n) is 11.0. The third-order valence-electron chi connectivity index (χ3n) is 13.2. The van der Waals surface area contributed by atoms with Gasteiger partial charge in [0.1, 0.15) is 5.78 Å². The highest BCUT2D eigenvalue weighted by atomic mass is 16.3. The summed E-state index contributed by atoms with van der Waals surface area (Å²) in [4.78, 5) is 29.2.